The molecule has 0 saturated heterocycles. The van der Waals surface area contributed by atoms with Crippen LogP contribution in [-0.4, -0.2) is 30.3 Å². The maximum Gasteiger partial charge on any atom is 0.243 e. The van der Waals surface area contributed by atoms with Gasteiger partial charge >= 0.3 is 0 Å². The van der Waals surface area contributed by atoms with Crippen LogP contribution in [0.15, 0.2) is 24.3 Å². The van der Waals surface area contributed by atoms with Gasteiger partial charge in [0, 0.05) is 19.2 Å². The Morgan fingerprint density at radius 1 is 1.20 bits per heavy atom. The van der Waals surface area contributed by atoms with Crippen LogP contribution in [0.4, 0.5) is 5.69 Å². The Morgan fingerprint density at radius 3 is 2.35 bits per heavy atom. The molecule has 4 nitrogen and oxygen atoms in total. The largest absolute Gasteiger partial charge is 0.336 e. The third-order valence-electron chi connectivity index (χ3n) is 3.08. The summed E-state index contributed by atoms with van der Waals surface area (Å²) in [5, 5.41) is 2.79. The van der Waals surface area contributed by atoms with E-state index in [1.165, 1.54) is 4.90 Å². The number of nitrogens with one attached hydrogen (secondary N) is 1. The predicted molar refractivity (Wildman–Crippen MR) is 81.5 cm³/mol. The number of aryl methyl sites for hydroxylation is 1. The van der Waals surface area contributed by atoms with Crippen molar-refractivity contribution in [1.82, 2.24) is 4.90 Å². The van der Waals surface area contributed by atoms with E-state index >= 15 is 0 Å². The van der Waals surface area contributed by atoms with Crippen LogP contribution in [0.25, 0.3) is 0 Å². The molecule has 0 heterocycles. The number of anilines is 1. The molecule has 1 aromatic carbocycles. The maximum absolute atomic E-state index is 11.8. The molecule has 0 atom stereocenters. The molecule has 0 aliphatic carbocycles. The zero-order valence-electron chi connectivity index (χ0n) is 12.8. The number of carbonyl (C=O) groups is 2. The minimum absolute atomic E-state index is 0.0118. The summed E-state index contributed by atoms with van der Waals surface area (Å²) in [5.74, 6) is 0.334. The lowest BCUT2D eigenvalue weighted by Gasteiger charge is -2.17. The van der Waals surface area contributed by atoms with Crippen LogP contribution >= 0.6 is 0 Å². The van der Waals surface area contributed by atoms with Crippen molar-refractivity contribution in [3.05, 3.63) is 29.8 Å². The van der Waals surface area contributed by atoms with E-state index in [9.17, 15) is 9.59 Å². The predicted octanol–water partition coefficient (Wildman–Crippen LogP) is 2.83. The second-order valence-corrected chi connectivity index (χ2v) is 5.60. The van der Waals surface area contributed by atoms with Gasteiger partial charge in [-0.15, -0.1) is 0 Å². The second kappa shape index (κ2) is 7.68. The van der Waals surface area contributed by atoms with Crippen molar-refractivity contribution in [3.8, 4) is 0 Å². The molecule has 0 spiro atoms. The molecule has 1 rings (SSSR count). The zero-order chi connectivity index (χ0) is 15.1. The van der Waals surface area contributed by atoms with Gasteiger partial charge in [-0.05, 0) is 31.4 Å². The summed E-state index contributed by atoms with van der Waals surface area (Å²) in [7, 11) is 1.66. The van der Waals surface area contributed by atoms with Gasteiger partial charge in [0.05, 0.1) is 6.54 Å². The topological polar surface area (TPSA) is 49.4 Å². The van der Waals surface area contributed by atoms with Crippen molar-refractivity contribution in [1.29, 1.82) is 0 Å². The normalized spacial score (nSPS) is 10.4. The lowest BCUT2D eigenvalue weighted by atomic mass is 10.1. The standard InChI is InChI=1S/C16H24N2O2/c1-12(2)5-10-16(20)18(4)11-15(19)17-14-8-6-13(3)7-9-14/h6-9,12H,5,10-11H2,1-4H3,(H,17,19). The fourth-order valence-corrected chi connectivity index (χ4v) is 1.74. The summed E-state index contributed by atoms with van der Waals surface area (Å²) in [6, 6.07) is 7.59. The minimum atomic E-state index is -0.172. The first kappa shape index (κ1) is 16.2. The molecule has 0 aliphatic rings. The minimum Gasteiger partial charge on any atom is -0.336 e. The monoisotopic (exact) mass is 276 g/mol. The fourth-order valence-electron chi connectivity index (χ4n) is 1.74. The SMILES string of the molecule is Cc1ccc(NC(=O)CN(C)C(=O)CCC(C)C)cc1. The van der Waals surface area contributed by atoms with Gasteiger partial charge in [-0.1, -0.05) is 31.5 Å². The molecular weight excluding hydrogens is 252 g/mol. The van der Waals surface area contributed by atoms with Gasteiger partial charge in [-0.3, -0.25) is 9.59 Å². The molecule has 4 heteroatoms. The number of amides is 2. The lowest BCUT2D eigenvalue weighted by Crippen LogP contribution is -2.34. The molecule has 0 aromatic heterocycles. The Kier molecular flexibility index (Phi) is 6.22. The number of hydrogen-bond acceptors (Lipinski definition) is 2. The Morgan fingerprint density at radius 2 is 1.80 bits per heavy atom. The van der Waals surface area contributed by atoms with Gasteiger partial charge < -0.3 is 10.2 Å². The third kappa shape index (κ3) is 5.87. The summed E-state index contributed by atoms with van der Waals surface area (Å²) in [4.78, 5) is 25.1. The number of likely N-dealkylation sites (N-methyl/N-ethyl adjacent to an activating group) is 1. The average Bonchev–Trinajstić information content (AvgIpc) is 2.38. The van der Waals surface area contributed by atoms with E-state index < -0.39 is 0 Å². The van der Waals surface area contributed by atoms with E-state index in [0.717, 1.165) is 17.7 Å². The van der Waals surface area contributed by atoms with Crippen LogP contribution in [0, 0.1) is 12.8 Å². The van der Waals surface area contributed by atoms with Crippen molar-refractivity contribution in [3.63, 3.8) is 0 Å². The molecule has 0 bridgehead atoms. The smallest absolute Gasteiger partial charge is 0.243 e. The Balaban J connectivity index is 2.41. The summed E-state index contributed by atoms with van der Waals surface area (Å²) < 4.78 is 0. The van der Waals surface area contributed by atoms with Gasteiger partial charge in [-0.25, -0.2) is 0 Å². The molecule has 0 aliphatic heterocycles. The second-order valence-electron chi connectivity index (χ2n) is 5.60. The first-order chi connectivity index (χ1) is 9.38. The van der Waals surface area contributed by atoms with E-state index in [-0.39, 0.29) is 18.4 Å². The Bertz CT molecular complexity index is 452. The zero-order valence-corrected chi connectivity index (χ0v) is 12.8. The fraction of sp³-hybridized carbons (Fsp3) is 0.500. The van der Waals surface area contributed by atoms with E-state index in [0.29, 0.717) is 12.3 Å². The molecule has 1 aromatic rings. The highest BCUT2D eigenvalue weighted by molar-refractivity contribution is 5.94. The maximum atomic E-state index is 11.8. The quantitative estimate of drug-likeness (QED) is 0.868. The molecule has 20 heavy (non-hydrogen) atoms. The van der Waals surface area contributed by atoms with Crippen LogP contribution < -0.4 is 5.32 Å². The molecule has 1 N–H and O–H groups in total. The highest BCUT2D eigenvalue weighted by atomic mass is 16.2. The molecule has 2 amide bonds. The average molecular weight is 276 g/mol. The Labute approximate surface area is 121 Å². The molecule has 0 radical (unpaired) electrons. The first-order valence-corrected chi connectivity index (χ1v) is 6.99. The number of carbonyl (C=O) groups excluding carboxylic acids is 2. The summed E-state index contributed by atoms with van der Waals surface area (Å²) in [6.07, 6.45) is 1.34. The van der Waals surface area contributed by atoms with E-state index in [4.69, 9.17) is 0 Å². The van der Waals surface area contributed by atoms with Gasteiger partial charge in [0.15, 0.2) is 0 Å². The van der Waals surface area contributed by atoms with Gasteiger partial charge in [0.2, 0.25) is 11.8 Å². The highest BCUT2D eigenvalue weighted by Crippen LogP contribution is 2.09. The van der Waals surface area contributed by atoms with Crippen LogP contribution in [0.1, 0.15) is 32.3 Å². The van der Waals surface area contributed by atoms with Gasteiger partial charge in [0.25, 0.3) is 0 Å². The number of nitrogens with zero attached hydrogens (tertiary/aromatic N) is 1. The summed E-state index contributed by atoms with van der Waals surface area (Å²) in [6.45, 7) is 6.24. The van der Waals surface area contributed by atoms with Crippen molar-refractivity contribution in [2.45, 2.75) is 33.6 Å². The highest BCUT2D eigenvalue weighted by Gasteiger charge is 2.13. The van der Waals surface area contributed by atoms with E-state index in [1.807, 2.05) is 31.2 Å². The van der Waals surface area contributed by atoms with E-state index in [1.54, 1.807) is 7.05 Å². The first-order valence-electron chi connectivity index (χ1n) is 6.99. The molecular formula is C16H24N2O2. The number of hydrogen-bond donors (Lipinski definition) is 1. The lowest BCUT2D eigenvalue weighted by molar-refractivity contribution is -0.133. The van der Waals surface area contributed by atoms with Crippen LogP contribution in [-0.2, 0) is 9.59 Å². The van der Waals surface area contributed by atoms with E-state index in [2.05, 4.69) is 19.2 Å². The molecule has 0 fully saturated rings. The third-order valence-corrected chi connectivity index (χ3v) is 3.08. The Hall–Kier alpha value is -1.84. The van der Waals surface area contributed by atoms with Crippen molar-refractivity contribution >= 4 is 17.5 Å². The van der Waals surface area contributed by atoms with Crippen molar-refractivity contribution in [2.24, 2.45) is 5.92 Å². The van der Waals surface area contributed by atoms with Crippen molar-refractivity contribution < 1.29 is 9.59 Å². The molecule has 0 saturated carbocycles. The molecule has 110 valence electrons. The van der Waals surface area contributed by atoms with Crippen molar-refractivity contribution in [2.75, 3.05) is 18.9 Å². The van der Waals surface area contributed by atoms with Crippen LogP contribution in [0.2, 0.25) is 0 Å². The number of benzene rings is 1. The summed E-state index contributed by atoms with van der Waals surface area (Å²) in [5.41, 5.74) is 1.90. The van der Waals surface area contributed by atoms with Crippen LogP contribution in [0.5, 0.6) is 0 Å². The number of rotatable bonds is 6. The van der Waals surface area contributed by atoms with Gasteiger partial charge in [0.1, 0.15) is 0 Å². The summed E-state index contributed by atoms with van der Waals surface area (Å²) >= 11 is 0. The molecule has 0 unspecified atom stereocenters. The van der Waals surface area contributed by atoms with Crippen LogP contribution in [0.3, 0.4) is 0 Å². The van der Waals surface area contributed by atoms with Gasteiger partial charge in [-0.2, -0.15) is 0 Å².